The minimum absolute atomic E-state index is 0. The summed E-state index contributed by atoms with van der Waals surface area (Å²) in [7, 11) is 0. The number of amides is 1. The van der Waals surface area contributed by atoms with Gasteiger partial charge in [0, 0.05) is 37.3 Å². The average Bonchev–Trinajstić information content (AvgIpc) is 2.79. The molecule has 0 aliphatic carbocycles. The molecule has 1 amide bonds. The van der Waals surface area contributed by atoms with Crippen LogP contribution in [0.2, 0.25) is 0 Å². The third-order valence-corrected chi connectivity index (χ3v) is 4.75. The zero-order valence-corrected chi connectivity index (χ0v) is 16.8. The number of nitrogens with one attached hydrogen (secondary N) is 2. The lowest BCUT2D eigenvalue weighted by Crippen LogP contribution is -2.44. The van der Waals surface area contributed by atoms with E-state index in [1.165, 1.54) is 0 Å². The lowest BCUT2D eigenvalue weighted by atomic mass is 9.99. The minimum Gasteiger partial charge on any atom is -0.367 e. The number of carbonyl (C=O) groups excluding carboxylic acids is 1. The predicted molar refractivity (Wildman–Crippen MR) is 116 cm³/mol. The van der Waals surface area contributed by atoms with Crippen molar-refractivity contribution in [3.63, 3.8) is 0 Å². The molecule has 0 unspecified atom stereocenters. The molecule has 0 bridgehead atoms. The lowest BCUT2D eigenvalue weighted by molar-refractivity contribution is -0.116. The van der Waals surface area contributed by atoms with Crippen LogP contribution in [0, 0.1) is 0 Å². The van der Waals surface area contributed by atoms with Crippen molar-refractivity contribution in [3.8, 4) is 0 Å². The Morgan fingerprint density at radius 1 is 1.00 bits per heavy atom. The molecule has 1 saturated heterocycles. The van der Waals surface area contributed by atoms with E-state index >= 15 is 0 Å². The molecule has 2 aliphatic rings. The number of rotatable bonds is 2. The summed E-state index contributed by atoms with van der Waals surface area (Å²) in [5.74, 6) is -0.0604. The number of nitrogens with zero attached hydrogens (tertiary/aromatic N) is 2. The number of hydrogen-bond acceptors (Lipinski definition) is 4. The molecular weight excluding hydrogens is 383 g/mol. The molecule has 2 aliphatic heterocycles. The highest BCUT2D eigenvalue weighted by atomic mass is 35.5. The third-order valence-electron chi connectivity index (χ3n) is 4.75. The molecule has 2 N–H and O–H groups in total. The number of piperazine rings is 1. The van der Waals surface area contributed by atoms with E-state index in [0.717, 1.165) is 54.4 Å². The first kappa shape index (κ1) is 21.2. The predicted octanol–water partition coefficient (Wildman–Crippen LogP) is 3.12. The summed E-state index contributed by atoms with van der Waals surface area (Å²) in [5.41, 5.74) is 4.84. The van der Waals surface area contributed by atoms with Gasteiger partial charge in [0.15, 0.2) is 0 Å². The van der Waals surface area contributed by atoms with E-state index in [2.05, 4.69) is 27.7 Å². The molecule has 4 rings (SSSR count). The van der Waals surface area contributed by atoms with Crippen molar-refractivity contribution in [2.75, 3.05) is 36.4 Å². The molecule has 144 valence electrons. The fourth-order valence-corrected chi connectivity index (χ4v) is 3.41. The summed E-state index contributed by atoms with van der Waals surface area (Å²) in [6.07, 6.45) is 0. The second-order valence-corrected chi connectivity index (χ2v) is 6.45. The van der Waals surface area contributed by atoms with Crippen LogP contribution in [0.25, 0.3) is 0 Å². The van der Waals surface area contributed by atoms with Crippen LogP contribution in [0.5, 0.6) is 0 Å². The van der Waals surface area contributed by atoms with E-state index in [9.17, 15) is 4.79 Å². The van der Waals surface area contributed by atoms with Gasteiger partial charge in [0.25, 0.3) is 0 Å². The summed E-state index contributed by atoms with van der Waals surface area (Å²) in [6.45, 7) is 5.61. The van der Waals surface area contributed by atoms with Crippen molar-refractivity contribution >= 4 is 47.8 Å². The zero-order valence-electron chi connectivity index (χ0n) is 15.1. The van der Waals surface area contributed by atoms with Gasteiger partial charge >= 0.3 is 0 Å². The Hall–Kier alpha value is -2.08. The molecule has 0 spiro atoms. The average molecular weight is 407 g/mol. The van der Waals surface area contributed by atoms with E-state index in [0.29, 0.717) is 0 Å². The van der Waals surface area contributed by atoms with E-state index in [1.54, 1.807) is 0 Å². The highest BCUT2D eigenvalue weighted by Crippen LogP contribution is 2.33. The molecule has 0 aromatic heterocycles. The molecule has 0 radical (unpaired) electrons. The van der Waals surface area contributed by atoms with Gasteiger partial charge in [-0.3, -0.25) is 9.79 Å². The number of halogens is 2. The van der Waals surface area contributed by atoms with Crippen LogP contribution in [0.1, 0.15) is 18.1 Å². The highest BCUT2D eigenvalue weighted by Gasteiger charge is 2.26. The Bertz CT molecular complexity index is 820. The number of aliphatic imine (C=N–C) groups is 1. The van der Waals surface area contributed by atoms with Crippen LogP contribution in [0.4, 0.5) is 11.4 Å². The van der Waals surface area contributed by atoms with Gasteiger partial charge in [0.2, 0.25) is 5.91 Å². The quantitative estimate of drug-likeness (QED) is 0.805. The normalized spacial score (nSPS) is 18.9. The minimum atomic E-state index is -0.418. The highest BCUT2D eigenvalue weighted by molar-refractivity contribution is 6.21. The second kappa shape index (κ2) is 9.22. The number of anilines is 2. The first-order valence-electron chi connectivity index (χ1n) is 8.77. The van der Waals surface area contributed by atoms with E-state index < -0.39 is 6.04 Å². The first-order valence-corrected chi connectivity index (χ1v) is 8.77. The molecule has 27 heavy (non-hydrogen) atoms. The number of para-hydroxylation sites is 1. The van der Waals surface area contributed by atoms with E-state index in [1.807, 2.05) is 43.3 Å². The Morgan fingerprint density at radius 2 is 1.70 bits per heavy atom. The van der Waals surface area contributed by atoms with Crippen LogP contribution >= 0.6 is 24.8 Å². The maximum atomic E-state index is 12.5. The van der Waals surface area contributed by atoms with Gasteiger partial charge in [-0.25, -0.2) is 0 Å². The van der Waals surface area contributed by atoms with Crippen LogP contribution in [-0.4, -0.2) is 43.8 Å². The Labute approximate surface area is 172 Å². The number of benzodiazepines with no additional fused rings is 1. The van der Waals surface area contributed by atoms with Crippen LogP contribution in [0.3, 0.4) is 0 Å². The first-order chi connectivity index (χ1) is 12.2. The SMILES string of the molecule is C[C@@H]1N=C(c2ccccc2)c2cccc(N3CCNCC3)c2NC1=O.Cl.Cl. The standard InChI is InChI=1S/C20H22N4O.2ClH/c1-14-20(25)23-19-16(18(22-14)15-6-3-2-4-7-15)8-5-9-17(19)24-12-10-21-11-13-24;;/h2-9,14,21H,10-13H2,1H3,(H,23,25);2*1H/t14-;;/m0../s1. The molecule has 7 heteroatoms. The van der Waals surface area contributed by atoms with Crippen molar-refractivity contribution in [2.24, 2.45) is 4.99 Å². The summed E-state index contributed by atoms with van der Waals surface area (Å²) in [6, 6.07) is 15.9. The summed E-state index contributed by atoms with van der Waals surface area (Å²) in [5, 5.41) is 6.50. The Kier molecular flexibility index (Phi) is 7.25. The van der Waals surface area contributed by atoms with Crippen LogP contribution < -0.4 is 15.5 Å². The molecule has 2 aromatic carbocycles. The second-order valence-electron chi connectivity index (χ2n) is 6.45. The third kappa shape index (κ3) is 4.26. The molecule has 2 heterocycles. The smallest absolute Gasteiger partial charge is 0.248 e. The van der Waals surface area contributed by atoms with Gasteiger partial charge in [-0.2, -0.15) is 0 Å². The van der Waals surface area contributed by atoms with Crippen molar-refractivity contribution in [1.82, 2.24) is 5.32 Å². The molecule has 1 atom stereocenters. The molecular formula is C20H24Cl2N4O. The van der Waals surface area contributed by atoms with Crippen molar-refractivity contribution in [3.05, 3.63) is 59.7 Å². The number of hydrogen-bond donors (Lipinski definition) is 2. The number of fused-ring (bicyclic) bond motifs is 1. The molecule has 1 fully saturated rings. The summed E-state index contributed by atoms with van der Waals surface area (Å²) >= 11 is 0. The van der Waals surface area contributed by atoms with Gasteiger partial charge in [0.1, 0.15) is 6.04 Å². The van der Waals surface area contributed by atoms with E-state index in [-0.39, 0.29) is 30.7 Å². The molecule has 2 aromatic rings. The summed E-state index contributed by atoms with van der Waals surface area (Å²) < 4.78 is 0. The van der Waals surface area contributed by atoms with Gasteiger partial charge in [-0.15, -0.1) is 24.8 Å². The van der Waals surface area contributed by atoms with Crippen molar-refractivity contribution in [1.29, 1.82) is 0 Å². The fraction of sp³-hybridized carbons (Fsp3) is 0.300. The van der Waals surface area contributed by atoms with Gasteiger partial charge in [-0.1, -0.05) is 42.5 Å². The fourth-order valence-electron chi connectivity index (χ4n) is 3.41. The van der Waals surface area contributed by atoms with Gasteiger partial charge < -0.3 is 15.5 Å². The van der Waals surface area contributed by atoms with Gasteiger partial charge in [-0.05, 0) is 13.0 Å². The zero-order chi connectivity index (χ0) is 17.2. The maximum absolute atomic E-state index is 12.5. The van der Waals surface area contributed by atoms with Crippen LogP contribution in [-0.2, 0) is 4.79 Å². The Balaban J connectivity index is 0.00000131. The number of carbonyl (C=O) groups is 1. The van der Waals surface area contributed by atoms with Crippen LogP contribution in [0.15, 0.2) is 53.5 Å². The topological polar surface area (TPSA) is 56.7 Å². The monoisotopic (exact) mass is 406 g/mol. The number of benzene rings is 2. The maximum Gasteiger partial charge on any atom is 0.248 e. The van der Waals surface area contributed by atoms with Crippen molar-refractivity contribution < 1.29 is 4.79 Å². The lowest BCUT2D eigenvalue weighted by Gasteiger charge is -2.31. The summed E-state index contributed by atoms with van der Waals surface area (Å²) in [4.78, 5) is 19.6. The van der Waals surface area contributed by atoms with Crippen molar-refractivity contribution in [2.45, 2.75) is 13.0 Å². The molecule has 0 saturated carbocycles. The van der Waals surface area contributed by atoms with Gasteiger partial charge in [0.05, 0.1) is 17.1 Å². The van der Waals surface area contributed by atoms with E-state index in [4.69, 9.17) is 4.99 Å². The largest absolute Gasteiger partial charge is 0.367 e. The Morgan fingerprint density at radius 3 is 2.41 bits per heavy atom. The molecule has 5 nitrogen and oxygen atoms in total.